The molecular weight excluding hydrogens is 294 g/mol. The monoisotopic (exact) mass is 307 g/mol. The van der Waals surface area contributed by atoms with Gasteiger partial charge in [-0.2, -0.15) is 0 Å². The SMILES string of the molecule is O=C(O)C1Cc2c(c(Cl)cc3c(C4CCCC4)noc23)O1. The minimum absolute atomic E-state index is 0.265. The molecule has 0 radical (unpaired) electrons. The summed E-state index contributed by atoms with van der Waals surface area (Å²) in [5.41, 5.74) is 2.30. The van der Waals surface area contributed by atoms with Crippen molar-refractivity contribution in [1.82, 2.24) is 5.16 Å². The number of carboxylic acids is 1. The van der Waals surface area contributed by atoms with E-state index in [0.717, 1.165) is 29.5 Å². The van der Waals surface area contributed by atoms with Gasteiger partial charge in [0.15, 0.2) is 11.7 Å². The zero-order chi connectivity index (χ0) is 14.6. The highest BCUT2D eigenvalue weighted by atomic mass is 35.5. The van der Waals surface area contributed by atoms with Crippen LogP contribution in [0.2, 0.25) is 5.02 Å². The van der Waals surface area contributed by atoms with Crippen LogP contribution in [0, 0.1) is 0 Å². The zero-order valence-electron chi connectivity index (χ0n) is 11.3. The summed E-state index contributed by atoms with van der Waals surface area (Å²) in [5.74, 6) is -0.158. The average Bonchev–Trinajstić information content (AvgIpc) is 3.16. The van der Waals surface area contributed by atoms with Crippen LogP contribution >= 0.6 is 11.6 Å². The van der Waals surface area contributed by atoms with E-state index in [2.05, 4.69) is 5.16 Å². The number of aliphatic carboxylic acids is 1. The molecule has 0 amide bonds. The number of ether oxygens (including phenoxy) is 1. The van der Waals surface area contributed by atoms with Crippen LogP contribution in [0.1, 0.15) is 42.9 Å². The second kappa shape index (κ2) is 4.63. The summed E-state index contributed by atoms with van der Waals surface area (Å²) in [6.45, 7) is 0. The minimum atomic E-state index is -0.994. The number of hydrogen-bond acceptors (Lipinski definition) is 4. The molecule has 1 aromatic heterocycles. The maximum Gasteiger partial charge on any atom is 0.345 e. The smallest absolute Gasteiger partial charge is 0.345 e. The predicted molar refractivity (Wildman–Crippen MR) is 76.0 cm³/mol. The fourth-order valence-electron chi connectivity index (χ4n) is 3.42. The molecule has 1 N–H and O–H groups in total. The number of aromatic nitrogens is 1. The molecule has 1 fully saturated rings. The summed E-state index contributed by atoms with van der Waals surface area (Å²) in [6.07, 6.45) is 4.02. The molecule has 0 saturated heterocycles. The summed E-state index contributed by atoms with van der Waals surface area (Å²) >= 11 is 6.27. The predicted octanol–water partition coefficient (Wildman–Crippen LogP) is 3.53. The molecular formula is C15H14ClNO4. The van der Waals surface area contributed by atoms with Crippen molar-refractivity contribution < 1.29 is 19.2 Å². The highest BCUT2D eigenvalue weighted by Crippen LogP contribution is 2.45. The van der Waals surface area contributed by atoms with Crippen molar-refractivity contribution in [2.24, 2.45) is 0 Å². The summed E-state index contributed by atoms with van der Waals surface area (Å²) in [6, 6.07) is 1.80. The van der Waals surface area contributed by atoms with Gasteiger partial charge in [-0.3, -0.25) is 0 Å². The quantitative estimate of drug-likeness (QED) is 0.919. The van der Waals surface area contributed by atoms with E-state index in [1.807, 2.05) is 0 Å². The Hall–Kier alpha value is -1.75. The summed E-state index contributed by atoms with van der Waals surface area (Å²) in [7, 11) is 0. The van der Waals surface area contributed by atoms with Gasteiger partial charge in [0, 0.05) is 23.3 Å². The normalized spacial score (nSPS) is 21.7. The standard InChI is InChI=1S/C15H14ClNO4/c16-10-5-8-12(7-3-1-2-4-7)17-21-13(8)9-6-11(15(18)19)20-14(9)10/h5,7,11H,1-4,6H2,(H,18,19). The number of carboxylic acid groups (broad SMARTS) is 1. The Morgan fingerprint density at radius 1 is 1.38 bits per heavy atom. The van der Waals surface area contributed by atoms with Crippen molar-refractivity contribution in [2.45, 2.75) is 44.1 Å². The first-order valence-electron chi connectivity index (χ1n) is 7.15. The number of nitrogens with zero attached hydrogens (tertiary/aromatic N) is 1. The first-order chi connectivity index (χ1) is 10.1. The fourth-order valence-corrected chi connectivity index (χ4v) is 3.69. The van der Waals surface area contributed by atoms with Crippen molar-refractivity contribution in [3.8, 4) is 5.75 Å². The lowest BCUT2D eigenvalue weighted by Gasteiger charge is -2.06. The van der Waals surface area contributed by atoms with E-state index in [1.54, 1.807) is 6.07 Å². The van der Waals surface area contributed by atoms with Crippen LogP contribution in [0.5, 0.6) is 5.75 Å². The molecule has 0 spiro atoms. The molecule has 21 heavy (non-hydrogen) atoms. The highest BCUT2D eigenvalue weighted by molar-refractivity contribution is 6.33. The molecule has 5 nitrogen and oxygen atoms in total. The van der Waals surface area contributed by atoms with Crippen LogP contribution in [0.15, 0.2) is 10.6 Å². The van der Waals surface area contributed by atoms with Gasteiger partial charge in [-0.25, -0.2) is 4.79 Å². The number of benzene rings is 1. The van der Waals surface area contributed by atoms with E-state index in [4.69, 9.17) is 26.0 Å². The lowest BCUT2D eigenvalue weighted by atomic mass is 9.98. The first-order valence-corrected chi connectivity index (χ1v) is 7.53. The average molecular weight is 308 g/mol. The van der Waals surface area contributed by atoms with E-state index in [9.17, 15) is 4.79 Å². The molecule has 110 valence electrons. The third kappa shape index (κ3) is 1.91. The molecule has 6 heteroatoms. The van der Waals surface area contributed by atoms with Gasteiger partial charge in [-0.1, -0.05) is 29.6 Å². The number of hydrogen-bond donors (Lipinski definition) is 1. The van der Waals surface area contributed by atoms with Crippen LogP contribution in [0.4, 0.5) is 0 Å². The Balaban J connectivity index is 1.85. The highest BCUT2D eigenvalue weighted by Gasteiger charge is 2.35. The molecule has 2 heterocycles. The van der Waals surface area contributed by atoms with Gasteiger partial charge in [0.1, 0.15) is 5.75 Å². The molecule has 1 atom stereocenters. The Morgan fingerprint density at radius 2 is 2.14 bits per heavy atom. The second-order valence-corrected chi connectivity index (χ2v) is 6.15. The number of rotatable bonds is 2. The van der Waals surface area contributed by atoms with E-state index in [0.29, 0.717) is 22.3 Å². The van der Waals surface area contributed by atoms with Crippen LogP contribution in [0.25, 0.3) is 11.0 Å². The van der Waals surface area contributed by atoms with Crippen LogP contribution in [-0.2, 0) is 11.2 Å². The first kappa shape index (κ1) is 13.0. The maximum atomic E-state index is 11.1. The third-order valence-electron chi connectivity index (χ3n) is 4.46. The van der Waals surface area contributed by atoms with E-state index in [-0.39, 0.29) is 6.42 Å². The van der Waals surface area contributed by atoms with Gasteiger partial charge in [0.2, 0.25) is 0 Å². The number of fused-ring (bicyclic) bond motifs is 3. The summed E-state index contributed by atoms with van der Waals surface area (Å²) in [5, 5.41) is 14.7. The molecule has 1 saturated carbocycles. The third-order valence-corrected chi connectivity index (χ3v) is 4.74. The molecule has 1 aromatic carbocycles. The van der Waals surface area contributed by atoms with Gasteiger partial charge < -0.3 is 14.4 Å². The minimum Gasteiger partial charge on any atom is -0.478 e. The number of carbonyl (C=O) groups is 1. The molecule has 1 unspecified atom stereocenters. The Morgan fingerprint density at radius 3 is 2.86 bits per heavy atom. The van der Waals surface area contributed by atoms with E-state index in [1.165, 1.54) is 12.8 Å². The number of halogens is 1. The van der Waals surface area contributed by atoms with Gasteiger partial charge in [-0.15, -0.1) is 0 Å². The van der Waals surface area contributed by atoms with Gasteiger partial charge in [0.05, 0.1) is 10.7 Å². The van der Waals surface area contributed by atoms with Crippen molar-refractivity contribution >= 4 is 28.5 Å². The van der Waals surface area contributed by atoms with Crippen molar-refractivity contribution in [3.05, 3.63) is 22.3 Å². The molecule has 2 aromatic rings. The topological polar surface area (TPSA) is 72.6 Å². The molecule has 1 aliphatic heterocycles. The van der Waals surface area contributed by atoms with E-state index < -0.39 is 12.1 Å². The molecule has 1 aliphatic carbocycles. The molecule has 4 rings (SSSR count). The van der Waals surface area contributed by atoms with Crippen molar-refractivity contribution in [2.75, 3.05) is 0 Å². The Bertz CT molecular complexity index is 733. The van der Waals surface area contributed by atoms with Gasteiger partial charge in [0.25, 0.3) is 0 Å². The Labute approximate surface area is 125 Å². The maximum absolute atomic E-state index is 11.1. The van der Waals surface area contributed by atoms with Gasteiger partial charge >= 0.3 is 5.97 Å². The molecule has 2 aliphatic rings. The van der Waals surface area contributed by atoms with Crippen LogP contribution in [0.3, 0.4) is 0 Å². The Kier molecular flexibility index (Phi) is 2.85. The van der Waals surface area contributed by atoms with Gasteiger partial charge in [-0.05, 0) is 18.9 Å². The van der Waals surface area contributed by atoms with Crippen LogP contribution < -0.4 is 4.74 Å². The zero-order valence-corrected chi connectivity index (χ0v) is 12.0. The molecule has 0 bridgehead atoms. The van der Waals surface area contributed by atoms with E-state index >= 15 is 0 Å². The summed E-state index contributed by atoms with van der Waals surface area (Å²) < 4.78 is 10.9. The van der Waals surface area contributed by atoms with Crippen LogP contribution in [-0.4, -0.2) is 22.3 Å². The fraction of sp³-hybridized carbons (Fsp3) is 0.467. The lowest BCUT2D eigenvalue weighted by Crippen LogP contribution is -2.24. The second-order valence-electron chi connectivity index (χ2n) is 5.74. The largest absolute Gasteiger partial charge is 0.478 e. The summed E-state index contributed by atoms with van der Waals surface area (Å²) in [4.78, 5) is 11.1. The van der Waals surface area contributed by atoms with Crippen molar-refractivity contribution in [3.63, 3.8) is 0 Å². The van der Waals surface area contributed by atoms with Crippen molar-refractivity contribution in [1.29, 1.82) is 0 Å². The lowest BCUT2D eigenvalue weighted by molar-refractivity contribution is -0.144.